The number of carboxylic acid groups (broad SMARTS) is 1. The summed E-state index contributed by atoms with van der Waals surface area (Å²) in [5, 5.41) is 9.62. The van der Waals surface area contributed by atoms with Gasteiger partial charge in [0.15, 0.2) is 0 Å². The van der Waals surface area contributed by atoms with Crippen LogP contribution in [-0.2, 0) is 30.6 Å². The molecule has 35 heavy (non-hydrogen) atoms. The summed E-state index contributed by atoms with van der Waals surface area (Å²) >= 11 is 0. The predicted octanol–water partition coefficient (Wildman–Crippen LogP) is 4.94. The molecule has 0 unspecified atom stereocenters. The van der Waals surface area contributed by atoms with Gasteiger partial charge in [0.1, 0.15) is 5.82 Å². The van der Waals surface area contributed by atoms with Crippen LogP contribution in [0.25, 0.3) is 0 Å². The zero-order valence-electron chi connectivity index (χ0n) is 19.9. The van der Waals surface area contributed by atoms with E-state index in [1.807, 2.05) is 23.1 Å². The highest BCUT2D eigenvalue weighted by Crippen LogP contribution is 2.31. The normalized spacial score (nSPS) is 18.5. The number of rotatable bonds is 2. The number of carbonyl (C=O) groups excluding carboxylic acids is 1. The molecule has 5 aliphatic rings. The molecule has 0 fully saturated rings. The molecule has 0 aliphatic carbocycles. The molecule has 0 spiro atoms. The van der Waals surface area contributed by atoms with E-state index in [1.165, 1.54) is 11.1 Å². The van der Waals surface area contributed by atoms with Crippen LogP contribution in [0.1, 0.15) is 82.0 Å². The Morgan fingerprint density at radius 1 is 0.886 bits per heavy atom. The monoisotopic (exact) mass is 469 g/mol. The minimum atomic E-state index is -0.859. The van der Waals surface area contributed by atoms with Crippen molar-refractivity contribution in [2.45, 2.75) is 63.8 Å². The lowest BCUT2D eigenvalue weighted by molar-refractivity contribution is -0.137. The average Bonchev–Trinajstić information content (AvgIpc) is 2.88. The Morgan fingerprint density at radius 2 is 1.63 bits per heavy atom. The van der Waals surface area contributed by atoms with E-state index >= 15 is 0 Å². The molecule has 5 aliphatic heterocycles. The van der Waals surface area contributed by atoms with Gasteiger partial charge in [0.25, 0.3) is 5.91 Å². The van der Waals surface area contributed by atoms with Crippen LogP contribution in [0.3, 0.4) is 0 Å². The summed E-state index contributed by atoms with van der Waals surface area (Å²) in [7, 11) is 0. The van der Waals surface area contributed by atoms with Crippen LogP contribution >= 0.6 is 0 Å². The van der Waals surface area contributed by atoms with Gasteiger partial charge in [-0.15, -0.1) is 0 Å². The third kappa shape index (κ3) is 5.42. The first-order chi connectivity index (χ1) is 17.1. The minimum Gasteiger partial charge on any atom is -0.481 e. The van der Waals surface area contributed by atoms with Crippen LogP contribution in [0.15, 0.2) is 54.9 Å². The molecule has 1 atom stereocenters. The van der Waals surface area contributed by atoms with E-state index in [9.17, 15) is 14.7 Å². The Bertz CT molecular complexity index is 1200. The van der Waals surface area contributed by atoms with Gasteiger partial charge in [-0.25, -0.2) is 9.97 Å². The first-order valence-corrected chi connectivity index (χ1v) is 12.6. The van der Waals surface area contributed by atoms with Crippen molar-refractivity contribution in [3.05, 3.63) is 94.1 Å². The molecule has 3 aromatic rings. The number of carboxylic acids is 1. The van der Waals surface area contributed by atoms with E-state index in [0.29, 0.717) is 13.1 Å². The molecule has 8 rings (SSSR count). The molecular weight excluding hydrogens is 438 g/mol. The second-order valence-electron chi connectivity index (χ2n) is 9.70. The summed E-state index contributed by atoms with van der Waals surface area (Å²) < 4.78 is 0. The Labute approximate surface area is 206 Å². The lowest BCUT2D eigenvalue weighted by atomic mass is 9.86. The summed E-state index contributed by atoms with van der Waals surface area (Å²) in [5.74, 6) is -0.337. The topological polar surface area (TPSA) is 83.4 Å². The van der Waals surface area contributed by atoms with Crippen molar-refractivity contribution in [1.29, 1.82) is 0 Å². The summed E-state index contributed by atoms with van der Waals surface area (Å²) in [6.45, 7) is 1.21. The van der Waals surface area contributed by atoms with Crippen molar-refractivity contribution >= 4 is 11.9 Å². The number of aliphatic carboxylic acids is 1. The van der Waals surface area contributed by atoms with Gasteiger partial charge in [0.2, 0.25) is 0 Å². The minimum absolute atomic E-state index is 0.0313. The number of amides is 1. The number of benzene rings is 2. The molecule has 6 heterocycles. The second kappa shape index (κ2) is 10.4. The van der Waals surface area contributed by atoms with Gasteiger partial charge < -0.3 is 10.0 Å². The first kappa shape index (κ1) is 23.2. The van der Waals surface area contributed by atoms with Crippen LogP contribution in [0.4, 0.5) is 0 Å². The summed E-state index contributed by atoms with van der Waals surface area (Å²) in [6.07, 6.45) is 10.6. The fourth-order valence-electron chi connectivity index (χ4n) is 5.21. The van der Waals surface area contributed by atoms with Crippen molar-refractivity contribution in [3.8, 4) is 0 Å². The molecule has 1 N–H and O–H groups in total. The van der Waals surface area contributed by atoms with E-state index in [-0.39, 0.29) is 18.2 Å². The van der Waals surface area contributed by atoms with Gasteiger partial charge in [-0.2, -0.15) is 0 Å². The number of carbonyl (C=O) groups is 2. The van der Waals surface area contributed by atoms with Crippen molar-refractivity contribution in [2.75, 3.05) is 6.54 Å². The molecule has 0 saturated carbocycles. The Kier molecular flexibility index (Phi) is 6.89. The third-order valence-corrected chi connectivity index (χ3v) is 7.26. The van der Waals surface area contributed by atoms with Gasteiger partial charge in [-0.1, -0.05) is 43.2 Å². The second-order valence-corrected chi connectivity index (χ2v) is 9.70. The maximum absolute atomic E-state index is 13.2. The summed E-state index contributed by atoms with van der Waals surface area (Å²) in [5.41, 5.74) is 6.02. The zero-order valence-corrected chi connectivity index (χ0v) is 19.9. The number of nitrogens with zero attached hydrogens (tertiary/aromatic N) is 3. The van der Waals surface area contributed by atoms with Gasteiger partial charge in [-0.3, -0.25) is 9.59 Å². The van der Waals surface area contributed by atoms with Gasteiger partial charge in [0.05, 0.1) is 6.42 Å². The molecular formula is C29H31N3O3. The molecule has 0 radical (unpaired) electrons. The van der Waals surface area contributed by atoms with Gasteiger partial charge in [0, 0.05) is 43.4 Å². The highest BCUT2D eigenvalue weighted by molar-refractivity contribution is 5.94. The lowest BCUT2D eigenvalue weighted by Crippen LogP contribution is -2.36. The smallest absolute Gasteiger partial charge is 0.304 e. The Morgan fingerprint density at radius 3 is 2.37 bits per heavy atom. The number of aromatic nitrogens is 2. The van der Waals surface area contributed by atoms with Crippen LogP contribution in [0, 0.1) is 0 Å². The SMILES string of the molecule is O=C(O)C[C@@H]1c2cnc(nc2)CCCCCCc2ccc(cc2)C(=O)N2CCc3ccc1cc3C2. The molecule has 1 aromatic heterocycles. The average molecular weight is 470 g/mol. The maximum Gasteiger partial charge on any atom is 0.304 e. The largest absolute Gasteiger partial charge is 0.481 e. The summed E-state index contributed by atoms with van der Waals surface area (Å²) in [6, 6.07) is 14.2. The van der Waals surface area contributed by atoms with Crippen molar-refractivity contribution < 1.29 is 14.7 Å². The van der Waals surface area contributed by atoms with E-state index in [4.69, 9.17) is 0 Å². The molecule has 1 amide bonds. The van der Waals surface area contributed by atoms with Crippen LogP contribution < -0.4 is 0 Å². The Hall–Kier alpha value is -3.54. The number of hydrogen-bond acceptors (Lipinski definition) is 4. The van der Waals surface area contributed by atoms with E-state index in [0.717, 1.165) is 73.0 Å². The predicted molar refractivity (Wildman–Crippen MR) is 133 cm³/mol. The lowest BCUT2D eigenvalue weighted by Gasteiger charge is -2.30. The van der Waals surface area contributed by atoms with Crippen molar-refractivity contribution in [2.24, 2.45) is 0 Å². The maximum atomic E-state index is 13.2. The molecule has 6 heteroatoms. The molecule has 6 nitrogen and oxygen atoms in total. The van der Waals surface area contributed by atoms with Crippen molar-refractivity contribution in [3.63, 3.8) is 0 Å². The van der Waals surface area contributed by atoms with Gasteiger partial charge >= 0.3 is 5.97 Å². The number of aryl methyl sites for hydroxylation is 2. The van der Waals surface area contributed by atoms with E-state index in [1.54, 1.807) is 12.4 Å². The first-order valence-electron chi connectivity index (χ1n) is 12.6. The van der Waals surface area contributed by atoms with Crippen LogP contribution in [0.2, 0.25) is 0 Å². The molecule has 7 bridgehead atoms. The summed E-state index contributed by atoms with van der Waals surface area (Å²) in [4.78, 5) is 36.0. The standard InChI is InChI=1S/C29H31N3O3/c33-28(34)16-26-23-12-11-21-13-14-32(19-24(21)15-23)29(35)22-9-7-20(8-10-22)5-3-1-2-4-6-27-30-17-25(26)18-31-27/h7-12,15,17-18,26H,1-6,13-14,16,19H2,(H,33,34)/t26-/m0/s1. The fourth-order valence-corrected chi connectivity index (χ4v) is 5.21. The quantitative estimate of drug-likeness (QED) is 0.575. The fraction of sp³-hybridized carbons (Fsp3) is 0.379. The van der Waals surface area contributed by atoms with E-state index in [2.05, 4.69) is 34.2 Å². The van der Waals surface area contributed by atoms with Crippen LogP contribution in [0.5, 0.6) is 0 Å². The molecule has 0 saturated heterocycles. The highest BCUT2D eigenvalue weighted by atomic mass is 16.4. The third-order valence-electron chi connectivity index (χ3n) is 7.26. The van der Waals surface area contributed by atoms with E-state index < -0.39 is 5.97 Å². The number of hydrogen-bond donors (Lipinski definition) is 1. The highest BCUT2D eigenvalue weighted by Gasteiger charge is 2.25. The zero-order chi connectivity index (χ0) is 24.2. The van der Waals surface area contributed by atoms with Crippen molar-refractivity contribution in [1.82, 2.24) is 14.9 Å². The Balaban J connectivity index is 1.49. The molecule has 2 aromatic carbocycles. The van der Waals surface area contributed by atoms with Gasteiger partial charge in [-0.05, 0) is 65.6 Å². The molecule has 180 valence electrons. The van der Waals surface area contributed by atoms with Crippen LogP contribution in [-0.4, -0.2) is 38.4 Å².